The van der Waals surface area contributed by atoms with Gasteiger partial charge < -0.3 is 15.3 Å². The van der Waals surface area contributed by atoms with Crippen molar-refractivity contribution < 1.29 is 14.7 Å². The van der Waals surface area contributed by atoms with Gasteiger partial charge in [0, 0.05) is 19.2 Å². The minimum Gasteiger partial charge on any atom is -0.481 e. The molecule has 1 aromatic heterocycles. The Morgan fingerprint density at radius 1 is 1.03 bits per heavy atom. The lowest BCUT2D eigenvalue weighted by Gasteiger charge is -2.25. The van der Waals surface area contributed by atoms with Crippen molar-refractivity contribution in [1.82, 2.24) is 15.1 Å². The molecular weight excluding hydrogens is 440 g/mol. The molecule has 0 unspecified atom stereocenters. The summed E-state index contributed by atoms with van der Waals surface area (Å²) in [6.45, 7) is 3.87. The molecular formula is C28H32N4O3. The van der Waals surface area contributed by atoms with Crippen molar-refractivity contribution in [3.05, 3.63) is 77.5 Å². The molecule has 0 saturated heterocycles. The van der Waals surface area contributed by atoms with E-state index in [0.29, 0.717) is 17.5 Å². The molecule has 2 aliphatic carbocycles. The van der Waals surface area contributed by atoms with E-state index in [4.69, 9.17) is 5.10 Å². The van der Waals surface area contributed by atoms with Crippen molar-refractivity contribution in [3.63, 3.8) is 0 Å². The molecule has 0 spiro atoms. The van der Waals surface area contributed by atoms with Crippen molar-refractivity contribution in [3.8, 4) is 5.69 Å². The Morgan fingerprint density at radius 3 is 2.26 bits per heavy atom. The molecule has 2 saturated carbocycles. The first-order valence-corrected chi connectivity index (χ1v) is 12.5. The van der Waals surface area contributed by atoms with Crippen LogP contribution in [0.1, 0.15) is 59.8 Å². The van der Waals surface area contributed by atoms with Gasteiger partial charge in [0.2, 0.25) is 0 Å². The molecule has 3 aromatic rings. The zero-order chi connectivity index (χ0) is 24.4. The standard InChI is InChI=1S/C28H32N4O3/c1-19-7-5-6-10-23(19)24(16-27(33)34)29-28(35)25-15-26(32(30-25)22-8-3-2-4-9-22)31(17-20-11-12-20)18-21-13-14-21/h2-10,15,20-21,24H,11-14,16-18H2,1H3,(H,29,35)(H,33,34)/t24-/m0/s1. The molecule has 35 heavy (non-hydrogen) atoms. The number of hydrogen-bond donors (Lipinski definition) is 2. The third-order valence-electron chi connectivity index (χ3n) is 6.85. The molecule has 7 heteroatoms. The first-order chi connectivity index (χ1) is 17.0. The number of aliphatic carboxylic acids is 1. The number of anilines is 1. The number of benzene rings is 2. The fourth-order valence-electron chi connectivity index (χ4n) is 4.58. The molecule has 5 rings (SSSR count). The summed E-state index contributed by atoms with van der Waals surface area (Å²) in [6.07, 6.45) is 4.81. The predicted molar refractivity (Wildman–Crippen MR) is 135 cm³/mol. The number of carboxylic acids is 1. The normalized spacial score (nSPS) is 16.0. The van der Waals surface area contributed by atoms with Gasteiger partial charge in [0.1, 0.15) is 5.82 Å². The Kier molecular flexibility index (Phi) is 6.57. The molecule has 1 amide bonds. The van der Waals surface area contributed by atoms with E-state index in [2.05, 4.69) is 10.2 Å². The van der Waals surface area contributed by atoms with E-state index in [9.17, 15) is 14.7 Å². The van der Waals surface area contributed by atoms with Gasteiger partial charge in [0.15, 0.2) is 5.69 Å². The average Bonchev–Trinajstić information content (AvgIpc) is 3.78. The fraction of sp³-hybridized carbons (Fsp3) is 0.393. The number of aryl methyl sites for hydroxylation is 1. The molecule has 0 aliphatic heterocycles. The molecule has 1 heterocycles. The first-order valence-electron chi connectivity index (χ1n) is 12.5. The van der Waals surface area contributed by atoms with Crippen LogP contribution in [0.25, 0.3) is 5.69 Å². The summed E-state index contributed by atoms with van der Waals surface area (Å²) >= 11 is 0. The summed E-state index contributed by atoms with van der Waals surface area (Å²) in [5.74, 6) is 0.991. The van der Waals surface area contributed by atoms with Crippen LogP contribution in [0.2, 0.25) is 0 Å². The molecule has 182 valence electrons. The van der Waals surface area contributed by atoms with Gasteiger partial charge in [0.05, 0.1) is 18.2 Å². The minimum atomic E-state index is -0.964. The second kappa shape index (κ2) is 9.94. The van der Waals surface area contributed by atoms with Gasteiger partial charge in [-0.3, -0.25) is 9.59 Å². The SMILES string of the molecule is Cc1ccccc1[C@H](CC(=O)O)NC(=O)c1cc(N(CC2CC2)CC2CC2)n(-c2ccccc2)n1. The van der Waals surface area contributed by atoms with Crippen LogP contribution in [0.5, 0.6) is 0 Å². The van der Waals surface area contributed by atoms with Crippen LogP contribution < -0.4 is 10.2 Å². The van der Waals surface area contributed by atoms with Crippen molar-refractivity contribution in [1.29, 1.82) is 0 Å². The van der Waals surface area contributed by atoms with Crippen LogP contribution in [0.3, 0.4) is 0 Å². The summed E-state index contributed by atoms with van der Waals surface area (Å²) in [6, 6.07) is 18.7. The largest absolute Gasteiger partial charge is 0.481 e. The number of carbonyl (C=O) groups is 2. The highest BCUT2D eigenvalue weighted by molar-refractivity contribution is 5.94. The van der Waals surface area contributed by atoms with E-state index in [0.717, 1.165) is 35.7 Å². The number of carbonyl (C=O) groups excluding carboxylic acids is 1. The topological polar surface area (TPSA) is 87.5 Å². The number of rotatable bonds is 11. The number of nitrogens with one attached hydrogen (secondary N) is 1. The maximum Gasteiger partial charge on any atom is 0.305 e. The smallest absolute Gasteiger partial charge is 0.305 e. The molecule has 0 radical (unpaired) electrons. The fourth-order valence-corrected chi connectivity index (χ4v) is 4.58. The third kappa shape index (κ3) is 5.73. The Balaban J connectivity index is 1.47. The summed E-state index contributed by atoms with van der Waals surface area (Å²) < 4.78 is 1.86. The third-order valence-corrected chi connectivity index (χ3v) is 6.85. The maximum atomic E-state index is 13.4. The van der Waals surface area contributed by atoms with E-state index >= 15 is 0 Å². The maximum absolute atomic E-state index is 13.4. The Labute approximate surface area is 205 Å². The van der Waals surface area contributed by atoms with Gasteiger partial charge in [-0.2, -0.15) is 5.10 Å². The van der Waals surface area contributed by atoms with Gasteiger partial charge in [-0.15, -0.1) is 0 Å². The average molecular weight is 473 g/mol. The summed E-state index contributed by atoms with van der Waals surface area (Å²) in [5.41, 5.74) is 2.94. The molecule has 0 bridgehead atoms. The van der Waals surface area contributed by atoms with Crippen molar-refractivity contribution >= 4 is 17.7 Å². The monoisotopic (exact) mass is 472 g/mol. The second-order valence-electron chi connectivity index (χ2n) is 9.91. The lowest BCUT2D eigenvalue weighted by Crippen LogP contribution is -2.31. The number of nitrogens with zero attached hydrogens (tertiary/aromatic N) is 3. The molecule has 1 atom stereocenters. The lowest BCUT2D eigenvalue weighted by molar-refractivity contribution is -0.137. The Hall–Kier alpha value is -3.61. The second-order valence-corrected chi connectivity index (χ2v) is 9.91. The molecule has 7 nitrogen and oxygen atoms in total. The number of aromatic nitrogens is 2. The minimum absolute atomic E-state index is 0.196. The molecule has 2 aliphatic rings. The highest BCUT2D eigenvalue weighted by atomic mass is 16.4. The van der Waals surface area contributed by atoms with Gasteiger partial charge in [-0.1, -0.05) is 42.5 Å². The van der Waals surface area contributed by atoms with E-state index in [-0.39, 0.29) is 12.3 Å². The quantitative estimate of drug-likeness (QED) is 0.420. The van der Waals surface area contributed by atoms with Gasteiger partial charge in [0.25, 0.3) is 5.91 Å². The van der Waals surface area contributed by atoms with Crippen LogP contribution in [-0.2, 0) is 4.79 Å². The lowest BCUT2D eigenvalue weighted by atomic mass is 9.98. The number of amides is 1. The Bertz CT molecular complexity index is 1180. The van der Waals surface area contributed by atoms with E-state index < -0.39 is 12.0 Å². The van der Waals surface area contributed by atoms with Crippen molar-refractivity contribution in [2.24, 2.45) is 11.8 Å². The van der Waals surface area contributed by atoms with Gasteiger partial charge in [-0.25, -0.2) is 4.68 Å². The highest BCUT2D eigenvalue weighted by Crippen LogP contribution is 2.36. The highest BCUT2D eigenvalue weighted by Gasteiger charge is 2.32. The van der Waals surface area contributed by atoms with E-state index in [1.54, 1.807) is 0 Å². The zero-order valence-electron chi connectivity index (χ0n) is 20.1. The molecule has 2 aromatic carbocycles. The first kappa shape index (κ1) is 23.1. The van der Waals surface area contributed by atoms with E-state index in [1.165, 1.54) is 25.7 Å². The Morgan fingerprint density at radius 2 is 1.66 bits per heavy atom. The number of carboxylic acid groups (broad SMARTS) is 1. The van der Waals surface area contributed by atoms with Crippen molar-refractivity contribution in [2.45, 2.75) is 45.1 Å². The van der Waals surface area contributed by atoms with Crippen LogP contribution >= 0.6 is 0 Å². The van der Waals surface area contributed by atoms with Crippen LogP contribution in [0.15, 0.2) is 60.7 Å². The summed E-state index contributed by atoms with van der Waals surface area (Å²) in [7, 11) is 0. The molecule has 2 fully saturated rings. The zero-order valence-corrected chi connectivity index (χ0v) is 20.1. The number of hydrogen-bond acceptors (Lipinski definition) is 4. The summed E-state index contributed by atoms with van der Waals surface area (Å²) in [5, 5.41) is 17.2. The van der Waals surface area contributed by atoms with Crippen LogP contribution in [-0.4, -0.2) is 39.9 Å². The summed E-state index contributed by atoms with van der Waals surface area (Å²) in [4.78, 5) is 27.4. The van der Waals surface area contributed by atoms with Crippen LogP contribution in [0.4, 0.5) is 5.82 Å². The van der Waals surface area contributed by atoms with Gasteiger partial charge in [-0.05, 0) is 67.7 Å². The predicted octanol–water partition coefficient (Wildman–Crippen LogP) is 4.75. The number of para-hydroxylation sites is 1. The van der Waals surface area contributed by atoms with E-state index in [1.807, 2.05) is 72.3 Å². The molecule has 2 N–H and O–H groups in total. The van der Waals surface area contributed by atoms with Crippen LogP contribution in [0, 0.1) is 18.8 Å². The van der Waals surface area contributed by atoms with Crippen molar-refractivity contribution in [2.75, 3.05) is 18.0 Å². The van der Waals surface area contributed by atoms with Gasteiger partial charge >= 0.3 is 5.97 Å².